The van der Waals surface area contributed by atoms with E-state index in [9.17, 15) is 0 Å². The average Bonchev–Trinajstić information content (AvgIpc) is 2.28. The van der Waals surface area contributed by atoms with Gasteiger partial charge in [0.1, 0.15) is 5.75 Å². The summed E-state index contributed by atoms with van der Waals surface area (Å²) in [5.74, 6) is 0.672. The van der Waals surface area contributed by atoms with Gasteiger partial charge in [-0.05, 0) is 17.7 Å². The number of hydrogen-bond donors (Lipinski definition) is 2. The van der Waals surface area contributed by atoms with Crippen LogP contribution in [0.1, 0.15) is 17.2 Å². The van der Waals surface area contributed by atoms with Crippen molar-refractivity contribution in [3.8, 4) is 11.8 Å². The number of benzene rings is 1. The van der Waals surface area contributed by atoms with Crippen molar-refractivity contribution in [3.63, 3.8) is 0 Å². The number of nitriles is 1. The standard InChI is InChI=1S/C11H14N2O2/c1-15-11-3-2-8(10(13)7-14)6-9(11)4-5-12/h2-3,6,10,14H,4,7,13H2,1H3/t10-/m0/s1. The Morgan fingerprint density at radius 2 is 2.33 bits per heavy atom. The monoisotopic (exact) mass is 206 g/mol. The Labute approximate surface area is 88.9 Å². The third kappa shape index (κ3) is 2.69. The average molecular weight is 206 g/mol. The zero-order chi connectivity index (χ0) is 11.3. The summed E-state index contributed by atoms with van der Waals surface area (Å²) in [6.07, 6.45) is 0.273. The van der Waals surface area contributed by atoms with Gasteiger partial charge in [-0.3, -0.25) is 0 Å². The van der Waals surface area contributed by atoms with Crippen molar-refractivity contribution in [1.29, 1.82) is 5.26 Å². The summed E-state index contributed by atoms with van der Waals surface area (Å²) in [4.78, 5) is 0. The Balaban J connectivity index is 3.05. The fourth-order valence-electron chi connectivity index (χ4n) is 1.36. The maximum atomic E-state index is 8.91. The van der Waals surface area contributed by atoms with E-state index in [0.717, 1.165) is 11.1 Å². The fraction of sp³-hybridized carbons (Fsp3) is 0.364. The van der Waals surface area contributed by atoms with E-state index in [0.29, 0.717) is 5.75 Å². The van der Waals surface area contributed by atoms with Crippen molar-refractivity contribution in [3.05, 3.63) is 29.3 Å². The molecule has 4 heteroatoms. The highest BCUT2D eigenvalue weighted by Gasteiger charge is 2.08. The molecule has 0 aliphatic rings. The second-order valence-electron chi connectivity index (χ2n) is 3.20. The second kappa shape index (κ2) is 5.35. The Hall–Kier alpha value is -1.57. The number of ether oxygens (including phenoxy) is 1. The molecule has 1 aromatic carbocycles. The molecule has 0 aliphatic carbocycles. The van der Waals surface area contributed by atoms with Crippen LogP contribution < -0.4 is 10.5 Å². The lowest BCUT2D eigenvalue weighted by atomic mass is 10.0. The Kier molecular flexibility index (Phi) is 4.10. The lowest BCUT2D eigenvalue weighted by Crippen LogP contribution is -2.14. The van der Waals surface area contributed by atoms with Gasteiger partial charge in [0.2, 0.25) is 0 Å². The summed E-state index contributed by atoms with van der Waals surface area (Å²) in [7, 11) is 1.56. The van der Waals surface area contributed by atoms with Crippen molar-refractivity contribution >= 4 is 0 Å². The summed E-state index contributed by atoms with van der Waals surface area (Å²) in [5, 5.41) is 17.6. The predicted octanol–water partition coefficient (Wildman–Crippen LogP) is 0.753. The molecule has 80 valence electrons. The zero-order valence-electron chi connectivity index (χ0n) is 8.60. The first kappa shape index (κ1) is 11.5. The Morgan fingerprint density at radius 3 is 2.87 bits per heavy atom. The molecule has 0 saturated carbocycles. The minimum atomic E-state index is -0.409. The summed E-state index contributed by atoms with van der Waals surface area (Å²) in [6.45, 7) is -0.113. The predicted molar refractivity (Wildman–Crippen MR) is 56.3 cm³/mol. The van der Waals surface area contributed by atoms with Crippen molar-refractivity contribution in [1.82, 2.24) is 0 Å². The van der Waals surface area contributed by atoms with Crippen molar-refractivity contribution in [2.75, 3.05) is 13.7 Å². The first-order chi connectivity index (χ1) is 7.22. The normalized spacial score (nSPS) is 11.9. The van der Waals surface area contributed by atoms with Crippen LogP contribution in [0.3, 0.4) is 0 Å². The number of hydrogen-bond acceptors (Lipinski definition) is 4. The molecule has 0 unspecified atom stereocenters. The van der Waals surface area contributed by atoms with Crippen LogP contribution in [-0.4, -0.2) is 18.8 Å². The van der Waals surface area contributed by atoms with E-state index in [4.69, 9.17) is 20.8 Å². The van der Waals surface area contributed by atoms with E-state index < -0.39 is 6.04 Å². The van der Waals surface area contributed by atoms with Gasteiger partial charge in [-0.2, -0.15) is 5.26 Å². The van der Waals surface area contributed by atoms with Gasteiger partial charge >= 0.3 is 0 Å². The minimum absolute atomic E-state index is 0.113. The van der Waals surface area contributed by atoms with Crippen LogP contribution in [0.2, 0.25) is 0 Å². The largest absolute Gasteiger partial charge is 0.496 e. The number of nitrogens with zero attached hydrogens (tertiary/aromatic N) is 1. The van der Waals surface area contributed by atoms with Gasteiger partial charge in [0.05, 0.1) is 32.2 Å². The number of aliphatic hydroxyl groups is 1. The van der Waals surface area contributed by atoms with Gasteiger partial charge in [-0.15, -0.1) is 0 Å². The molecule has 0 bridgehead atoms. The molecule has 0 saturated heterocycles. The number of nitrogens with two attached hydrogens (primary N) is 1. The third-order valence-electron chi connectivity index (χ3n) is 2.20. The van der Waals surface area contributed by atoms with Crippen LogP contribution >= 0.6 is 0 Å². The Bertz CT molecular complexity index is 371. The van der Waals surface area contributed by atoms with E-state index in [1.54, 1.807) is 25.3 Å². The molecule has 0 heterocycles. The molecular weight excluding hydrogens is 192 g/mol. The SMILES string of the molecule is COc1ccc([C@@H](N)CO)cc1CC#N. The molecule has 0 aliphatic heterocycles. The van der Waals surface area contributed by atoms with Crippen LogP contribution in [0.5, 0.6) is 5.75 Å². The maximum Gasteiger partial charge on any atom is 0.123 e. The van der Waals surface area contributed by atoms with Gasteiger partial charge in [-0.1, -0.05) is 6.07 Å². The number of methoxy groups -OCH3 is 1. The molecule has 0 amide bonds. The van der Waals surface area contributed by atoms with Gasteiger partial charge in [0, 0.05) is 5.56 Å². The topological polar surface area (TPSA) is 79.3 Å². The summed E-state index contributed by atoms with van der Waals surface area (Å²) in [5.41, 5.74) is 7.28. The molecular formula is C11H14N2O2. The van der Waals surface area contributed by atoms with Crippen LogP contribution in [-0.2, 0) is 6.42 Å². The van der Waals surface area contributed by atoms with Crippen LogP contribution in [0.15, 0.2) is 18.2 Å². The van der Waals surface area contributed by atoms with Crippen LogP contribution in [0, 0.1) is 11.3 Å². The van der Waals surface area contributed by atoms with E-state index in [1.807, 2.05) is 0 Å². The lowest BCUT2D eigenvalue weighted by molar-refractivity contribution is 0.268. The van der Waals surface area contributed by atoms with Crippen molar-refractivity contribution in [2.24, 2.45) is 5.73 Å². The molecule has 0 fully saturated rings. The van der Waals surface area contributed by atoms with Gasteiger partial charge in [0.25, 0.3) is 0 Å². The number of aliphatic hydroxyl groups excluding tert-OH is 1. The van der Waals surface area contributed by atoms with Gasteiger partial charge in [0.15, 0.2) is 0 Å². The summed E-state index contributed by atoms with van der Waals surface area (Å²) >= 11 is 0. The first-order valence-electron chi connectivity index (χ1n) is 4.63. The summed E-state index contributed by atoms with van der Waals surface area (Å²) < 4.78 is 5.11. The van der Waals surface area contributed by atoms with E-state index in [2.05, 4.69) is 6.07 Å². The van der Waals surface area contributed by atoms with Crippen LogP contribution in [0.25, 0.3) is 0 Å². The minimum Gasteiger partial charge on any atom is -0.496 e. The van der Waals surface area contributed by atoms with E-state index >= 15 is 0 Å². The second-order valence-corrected chi connectivity index (χ2v) is 3.20. The van der Waals surface area contributed by atoms with Gasteiger partial charge in [-0.25, -0.2) is 0 Å². The molecule has 0 aromatic heterocycles. The van der Waals surface area contributed by atoms with Gasteiger partial charge < -0.3 is 15.6 Å². The van der Waals surface area contributed by atoms with E-state index in [1.165, 1.54) is 0 Å². The Morgan fingerprint density at radius 1 is 1.60 bits per heavy atom. The molecule has 1 rings (SSSR count). The third-order valence-corrected chi connectivity index (χ3v) is 2.20. The van der Waals surface area contributed by atoms with Crippen molar-refractivity contribution in [2.45, 2.75) is 12.5 Å². The molecule has 4 nitrogen and oxygen atoms in total. The van der Waals surface area contributed by atoms with E-state index in [-0.39, 0.29) is 13.0 Å². The smallest absolute Gasteiger partial charge is 0.123 e. The molecule has 15 heavy (non-hydrogen) atoms. The molecule has 1 atom stereocenters. The molecule has 1 aromatic rings. The maximum absolute atomic E-state index is 8.91. The first-order valence-corrected chi connectivity index (χ1v) is 4.63. The fourth-order valence-corrected chi connectivity index (χ4v) is 1.36. The highest BCUT2D eigenvalue weighted by molar-refractivity contribution is 5.39. The molecule has 3 N–H and O–H groups in total. The highest BCUT2D eigenvalue weighted by Crippen LogP contribution is 2.22. The van der Waals surface area contributed by atoms with Crippen LogP contribution in [0.4, 0.5) is 0 Å². The quantitative estimate of drug-likeness (QED) is 0.762. The molecule has 0 radical (unpaired) electrons. The highest BCUT2D eigenvalue weighted by atomic mass is 16.5. The van der Waals surface area contributed by atoms with Crippen molar-refractivity contribution < 1.29 is 9.84 Å². The lowest BCUT2D eigenvalue weighted by Gasteiger charge is -2.12. The molecule has 0 spiro atoms. The number of rotatable bonds is 4. The summed E-state index contributed by atoms with van der Waals surface area (Å²) in [6, 6.07) is 7.00. The zero-order valence-corrected chi connectivity index (χ0v) is 8.60.